The third-order valence-corrected chi connectivity index (χ3v) is 7.95. The van der Waals surface area contributed by atoms with Gasteiger partial charge in [0.05, 0.1) is 16.0 Å². The molecule has 1 amide bonds. The predicted molar refractivity (Wildman–Crippen MR) is 112 cm³/mol. The zero-order chi connectivity index (χ0) is 20.6. The molecule has 2 fully saturated rings. The van der Waals surface area contributed by atoms with Crippen LogP contribution in [0.2, 0.25) is 0 Å². The molecule has 0 aromatic heterocycles. The second-order valence-corrected chi connectivity index (χ2v) is 10.1. The van der Waals surface area contributed by atoms with Crippen LogP contribution < -0.4 is 5.06 Å². The van der Waals surface area contributed by atoms with Gasteiger partial charge in [0.25, 0.3) is 5.91 Å². The summed E-state index contributed by atoms with van der Waals surface area (Å²) >= 11 is 0. The van der Waals surface area contributed by atoms with Crippen molar-refractivity contribution >= 4 is 21.4 Å². The zero-order valence-electron chi connectivity index (χ0n) is 16.5. The van der Waals surface area contributed by atoms with Crippen LogP contribution in [0.15, 0.2) is 77.0 Å². The molecule has 29 heavy (non-hydrogen) atoms. The van der Waals surface area contributed by atoms with Crippen molar-refractivity contribution in [1.82, 2.24) is 0 Å². The summed E-state index contributed by atoms with van der Waals surface area (Å²) in [4.78, 5) is 19.7. The van der Waals surface area contributed by atoms with E-state index in [1.807, 2.05) is 37.3 Å². The Balaban J connectivity index is 1.58. The molecule has 0 radical (unpaired) electrons. The van der Waals surface area contributed by atoms with Crippen LogP contribution in [0, 0.1) is 11.3 Å². The Kier molecular flexibility index (Phi) is 5.09. The van der Waals surface area contributed by atoms with Crippen LogP contribution in [0.5, 0.6) is 0 Å². The van der Waals surface area contributed by atoms with Crippen molar-refractivity contribution in [3.8, 4) is 0 Å². The molecule has 0 spiro atoms. The number of carbonyl (C=O) groups excluding carboxylic acids is 1. The molecule has 1 heterocycles. The van der Waals surface area contributed by atoms with E-state index in [1.165, 1.54) is 5.06 Å². The summed E-state index contributed by atoms with van der Waals surface area (Å²) in [7, 11) is -3.61. The predicted octanol–water partition coefficient (Wildman–Crippen LogP) is 4.52. The highest BCUT2D eigenvalue weighted by Gasteiger charge is 2.57. The highest BCUT2D eigenvalue weighted by atomic mass is 32.2. The first-order valence-electron chi connectivity index (χ1n) is 9.88. The first kappa shape index (κ1) is 19.9. The lowest BCUT2D eigenvalue weighted by molar-refractivity contribution is -0.126. The molecule has 1 aliphatic carbocycles. The highest BCUT2D eigenvalue weighted by molar-refractivity contribution is 7.95. The second kappa shape index (κ2) is 7.43. The molecule has 2 aromatic carbocycles. The normalized spacial score (nSPS) is 26.9. The van der Waals surface area contributed by atoms with E-state index in [1.54, 1.807) is 30.3 Å². The minimum absolute atomic E-state index is 0.0603. The molecule has 1 saturated carbocycles. The molecule has 3 atom stereocenters. The van der Waals surface area contributed by atoms with Gasteiger partial charge in [-0.25, -0.2) is 8.42 Å². The van der Waals surface area contributed by atoms with E-state index in [0.29, 0.717) is 5.69 Å². The van der Waals surface area contributed by atoms with Crippen molar-refractivity contribution in [3.63, 3.8) is 0 Å². The largest absolute Gasteiger partial charge is 0.271 e. The Bertz CT molecular complexity index is 1020. The zero-order valence-corrected chi connectivity index (χ0v) is 17.3. The quantitative estimate of drug-likeness (QED) is 0.726. The summed E-state index contributed by atoms with van der Waals surface area (Å²) in [6.45, 7) is 5.82. The van der Waals surface area contributed by atoms with E-state index >= 15 is 0 Å². The monoisotopic (exact) mass is 411 g/mol. The number of hydrogen-bond donors (Lipinski definition) is 0. The Morgan fingerprint density at radius 1 is 1.14 bits per heavy atom. The number of carbonyl (C=O) groups is 1. The smallest absolute Gasteiger partial charge is 0.259 e. The maximum absolute atomic E-state index is 13.2. The fourth-order valence-corrected chi connectivity index (χ4v) is 5.77. The third-order valence-electron chi connectivity index (χ3n) is 6.13. The average Bonchev–Trinajstić information content (AvgIpc) is 3.01. The number of hydrogen-bond acceptors (Lipinski definition) is 4. The molecular weight excluding hydrogens is 386 g/mol. The van der Waals surface area contributed by atoms with Crippen molar-refractivity contribution in [3.05, 3.63) is 72.1 Å². The van der Waals surface area contributed by atoms with Crippen LogP contribution in [0.25, 0.3) is 0 Å². The second-order valence-electron chi connectivity index (χ2n) is 8.09. The van der Waals surface area contributed by atoms with Crippen LogP contribution in [0.4, 0.5) is 5.69 Å². The fourth-order valence-electron chi connectivity index (χ4n) is 4.49. The van der Waals surface area contributed by atoms with Gasteiger partial charge < -0.3 is 0 Å². The molecule has 2 aliphatic rings. The van der Waals surface area contributed by atoms with Gasteiger partial charge in [-0.15, -0.1) is 0 Å². The van der Waals surface area contributed by atoms with Gasteiger partial charge >= 0.3 is 0 Å². The lowest BCUT2D eigenvalue weighted by Crippen LogP contribution is -2.43. The minimum Gasteiger partial charge on any atom is -0.271 e. The van der Waals surface area contributed by atoms with Gasteiger partial charge in [-0.1, -0.05) is 49.4 Å². The SMILES string of the molecule is C=C(CC1CCC[C@@]2(C)C(=O)N(c3ccccc3)OC12)S(=O)(=O)c1ccccc1. The third kappa shape index (κ3) is 3.40. The van der Waals surface area contributed by atoms with E-state index < -0.39 is 15.3 Å². The van der Waals surface area contributed by atoms with Crippen LogP contribution in [-0.2, 0) is 19.5 Å². The number of nitrogens with zero attached hydrogens (tertiary/aromatic N) is 1. The van der Waals surface area contributed by atoms with E-state index in [2.05, 4.69) is 6.58 Å². The molecule has 152 valence electrons. The summed E-state index contributed by atoms with van der Waals surface area (Å²) in [5.41, 5.74) is 0.0397. The highest BCUT2D eigenvalue weighted by Crippen LogP contribution is 2.50. The Labute approximate surface area is 171 Å². The van der Waals surface area contributed by atoms with Gasteiger partial charge in [-0.3, -0.25) is 9.63 Å². The van der Waals surface area contributed by atoms with Crippen LogP contribution >= 0.6 is 0 Å². The maximum atomic E-state index is 13.2. The Morgan fingerprint density at radius 3 is 2.41 bits per heavy atom. The molecule has 0 N–H and O–H groups in total. The Morgan fingerprint density at radius 2 is 1.76 bits per heavy atom. The number of benzene rings is 2. The average molecular weight is 412 g/mol. The number of allylic oxidation sites excluding steroid dienone is 1. The van der Waals surface area contributed by atoms with Gasteiger partial charge in [-0.2, -0.15) is 5.06 Å². The van der Waals surface area contributed by atoms with Crippen molar-refractivity contribution in [2.45, 2.75) is 43.6 Å². The number of amides is 1. The summed E-state index contributed by atoms with van der Waals surface area (Å²) in [6, 6.07) is 17.6. The van der Waals surface area contributed by atoms with Gasteiger partial charge in [0, 0.05) is 4.91 Å². The van der Waals surface area contributed by atoms with E-state index in [-0.39, 0.29) is 34.2 Å². The summed E-state index contributed by atoms with van der Waals surface area (Å²) in [5, 5.41) is 1.39. The number of fused-ring (bicyclic) bond motifs is 1. The standard InChI is InChI=1S/C23H25NO4S/c1-17(29(26,27)20-13-7-4-8-14-20)16-18-10-9-15-23(2)21(18)28-24(22(23)25)19-11-5-3-6-12-19/h3-8,11-14,18,21H,1,9-10,15-16H2,2H3/t18?,21?,23-/m1/s1. The van der Waals surface area contributed by atoms with Gasteiger partial charge in [-0.05, 0) is 56.4 Å². The molecule has 1 saturated heterocycles. The van der Waals surface area contributed by atoms with Crippen LogP contribution in [0.1, 0.15) is 32.6 Å². The Hall–Kier alpha value is -2.44. The van der Waals surface area contributed by atoms with Crippen molar-refractivity contribution in [1.29, 1.82) is 0 Å². The summed E-state index contributed by atoms with van der Waals surface area (Å²) < 4.78 is 25.8. The van der Waals surface area contributed by atoms with Crippen molar-refractivity contribution < 1.29 is 18.0 Å². The molecular formula is C23H25NO4S. The van der Waals surface area contributed by atoms with Crippen molar-refractivity contribution in [2.24, 2.45) is 11.3 Å². The molecule has 2 aromatic rings. The number of anilines is 1. The van der Waals surface area contributed by atoms with Crippen molar-refractivity contribution in [2.75, 3.05) is 5.06 Å². The molecule has 2 unspecified atom stereocenters. The molecule has 1 aliphatic heterocycles. The van der Waals surface area contributed by atoms with E-state index in [0.717, 1.165) is 19.3 Å². The van der Waals surface area contributed by atoms with Crippen LogP contribution in [-0.4, -0.2) is 20.4 Å². The summed E-state index contributed by atoms with van der Waals surface area (Å²) in [5.74, 6) is -0.146. The van der Waals surface area contributed by atoms with Crippen LogP contribution in [0.3, 0.4) is 0 Å². The topological polar surface area (TPSA) is 63.7 Å². The lowest BCUT2D eigenvalue weighted by Gasteiger charge is -2.37. The van der Waals surface area contributed by atoms with Gasteiger partial charge in [0.15, 0.2) is 0 Å². The van der Waals surface area contributed by atoms with E-state index in [9.17, 15) is 13.2 Å². The first-order valence-corrected chi connectivity index (χ1v) is 11.4. The van der Waals surface area contributed by atoms with Gasteiger partial charge in [0.2, 0.25) is 9.84 Å². The molecule has 0 bridgehead atoms. The lowest BCUT2D eigenvalue weighted by atomic mass is 9.67. The number of hydroxylamine groups is 1. The number of para-hydroxylation sites is 1. The summed E-state index contributed by atoms with van der Waals surface area (Å²) in [6.07, 6.45) is 2.31. The maximum Gasteiger partial charge on any atom is 0.259 e. The fraction of sp³-hybridized carbons (Fsp3) is 0.348. The number of sulfone groups is 1. The minimum atomic E-state index is -3.61. The molecule has 5 nitrogen and oxygen atoms in total. The molecule has 4 rings (SSSR count). The van der Waals surface area contributed by atoms with E-state index in [4.69, 9.17) is 4.84 Å². The van der Waals surface area contributed by atoms with Gasteiger partial charge in [0.1, 0.15) is 6.10 Å². The first-order chi connectivity index (χ1) is 13.8. The molecule has 6 heteroatoms. The number of rotatable bonds is 5.